The Morgan fingerprint density at radius 3 is 2.78 bits per heavy atom. The SMILES string of the molecule is CCN1CC[C@@H](C(=O)CCc2cc(F)ccc2S(=O)(=O)Nc2ccc3c(c2C(=O)O)OCC2CC32)C1. The first-order valence-corrected chi connectivity index (χ1v) is 13.8. The van der Waals surface area contributed by atoms with Crippen molar-refractivity contribution in [3.05, 3.63) is 52.8 Å². The molecule has 1 saturated carbocycles. The zero-order chi connectivity index (χ0) is 25.6. The van der Waals surface area contributed by atoms with E-state index in [2.05, 4.69) is 9.62 Å². The Balaban J connectivity index is 1.39. The maximum absolute atomic E-state index is 14.1. The molecule has 2 N–H and O–H groups in total. The lowest BCUT2D eigenvalue weighted by atomic mass is 9.97. The first-order valence-electron chi connectivity index (χ1n) is 12.3. The van der Waals surface area contributed by atoms with Crippen LogP contribution in [0, 0.1) is 17.7 Å². The smallest absolute Gasteiger partial charge is 0.341 e. The number of benzene rings is 2. The molecule has 1 aliphatic carbocycles. The van der Waals surface area contributed by atoms with Gasteiger partial charge < -0.3 is 14.7 Å². The van der Waals surface area contributed by atoms with Crippen molar-refractivity contribution in [3.8, 4) is 5.75 Å². The summed E-state index contributed by atoms with van der Waals surface area (Å²) in [6.07, 6.45) is 1.86. The van der Waals surface area contributed by atoms with Crippen LogP contribution in [0.1, 0.15) is 53.6 Å². The molecule has 0 bridgehead atoms. The second-order valence-corrected chi connectivity index (χ2v) is 11.5. The molecule has 2 aliphatic heterocycles. The van der Waals surface area contributed by atoms with E-state index in [0.717, 1.165) is 49.7 Å². The van der Waals surface area contributed by atoms with E-state index in [1.807, 2.05) is 6.92 Å². The number of carbonyl (C=O) groups excluding carboxylic acids is 1. The van der Waals surface area contributed by atoms with Crippen molar-refractivity contribution in [2.45, 2.75) is 43.4 Å². The number of hydrogen-bond acceptors (Lipinski definition) is 6. The van der Waals surface area contributed by atoms with Crippen molar-refractivity contribution in [2.24, 2.45) is 11.8 Å². The van der Waals surface area contributed by atoms with Crippen LogP contribution in [0.5, 0.6) is 5.75 Å². The summed E-state index contributed by atoms with van der Waals surface area (Å²) in [7, 11) is -4.28. The minimum atomic E-state index is -4.28. The molecule has 0 amide bonds. The molecular formula is C26H29FN2O6S. The van der Waals surface area contributed by atoms with Crippen molar-refractivity contribution in [1.29, 1.82) is 0 Å². The van der Waals surface area contributed by atoms with Gasteiger partial charge in [0.2, 0.25) is 0 Å². The van der Waals surface area contributed by atoms with Gasteiger partial charge in [-0.25, -0.2) is 17.6 Å². The third kappa shape index (κ3) is 4.71. The van der Waals surface area contributed by atoms with Gasteiger partial charge in [0.25, 0.3) is 10.0 Å². The van der Waals surface area contributed by atoms with Gasteiger partial charge in [-0.2, -0.15) is 0 Å². The summed E-state index contributed by atoms with van der Waals surface area (Å²) in [6, 6.07) is 6.45. The molecule has 2 fully saturated rings. The molecule has 2 heterocycles. The Labute approximate surface area is 209 Å². The zero-order valence-corrected chi connectivity index (χ0v) is 20.8. The van der Waals surface area contributed by atoms with Crippen LogP contribution in [-0.2, 0) is 21.2 Å². The monoisotopic (exact) mass is 516 g/mol. The van der Waals surface area contributed by atoms with Crippen LogP contribution >= 0.6 is 0 Å². The number of halogens is 1. The second kappa shape index (κ2) is 9.48. The molecule has 0 aromatic heterocycles. The molecule has 0 radical (unpaired) electrons. The lowest BCUT2D eigenvalue weighted by molar-refractivity contribution is -0.122. The largest absolute Gasteiger partial charge is 0.492 e. The van der Waals surface area contributed by atoms with Crippen molar-refractivity contribution < 1.29 is 32.2 Å². The molecule has 0 spiro atoms. The third-order valence-electron chi connectivity index (χ3n) is 7.54. The number of nitrogens with one attached hydrogen (secondary N) is 1. The summed E-state index contributed by atoms with van der Waals surface area (Å²) >= 11 is 0. The number of ketones is 1. The molecule has 192 valence electrons. The topological polar surface area (TPSA) is 113 Å². The summed E-state index contributed by atoms with van der Waals surface area (Å²) in [6.45, 7) is 4.85. The molecule has 36 heavy (non-hydrogen) atoms. The van der Waals surface area contributed by atoms with Gasteiger partial charge in [-0.15, -0.1) is 0 Å². The fourth-order valence-corrected chi connectivity index (χ4v) is 6.72. The number of aromatic carboxylic acids is 1. The molecular weight excluding hydrogens is 487 g/mol. The van der Waals surface area contributed by atoms with E-state index in [9.17, 15) is 27.5 Å². The van der Waals surface area contributed by atoms with Gasteiger partial charge in [0, 0.05) is 24.8 Å². The van der Waals surface area contributed by atoms with Gasteiger partial charge >= 0.3 is 5.97 Å². The van der Waals surface area contributed by atoms with Crippen LogP contribution < -0.4 is 9.46 Å². The minimum absolute atomic E-state index is 0.0323. The van der Waals surface area contributed by atoms with Gasteiger partial charge in [0.15, 0.2) is 0 Å². The number of likely N-dealkylation sites (tertiary alicyclic amines) is 1. The summed E-state index contributed by atoms with van der Waals surface area (Å²) in [5.74, 6) is -1.16. The van der Waals surface area contributed by atoms with Crippen molar-refractivity contribution >= 4 is 27.5 Å². The standard InChI is InChI=1S/C26H29FN2O6S/c1-2-29-10-9-16(13-29)22(30)7-3-15-11-18(27)4-8-23(15)36(33,34)28-21-6-5-19-20-12-17(20)14-35-25(19)24(21)26(31)32/h4-6,8,11,16-17,20,28H,2-3,7,9-10,12-14H2,1H3,(H,31,32)/t16-,17?,20?/m1/s1. The molecule has 10 heteroatoms. The number of carbonyl (C=O) groups is 2. The number of Topliss-reactive ketones (excluding diaryl/α,β-unsaturated/α-hetero) is 1. The molecule has 3 atom stereocenters. The highest BCUT2D eigenvalue weighted by Crippen LogP contribution is 2.55. The van der Waals surface area contributed by atoms with Crippen LogP contribution in [-0.4, -0.2) is 56.4 Å². The van der Waals surface area contributed by atoms with Crippen LogP contribution in [0.15, 0.2) is 35.2 Å². The number of hydrogen-bond donors (Lipinski definition) is 2. The number of rotatable bonds is 9. The van der Waals surface area contributed by atoms with Gasteiger partial charge in [-0.05, 0) is 73.7 Å². The Morgan fingerprint density at radius 1 is 1.25 bits per heavy atom. The van der Waals surface area contributed by atoms with Gasteiger partial charge in [-0.3, -0.25) is 9.52 Å². The Hall–Kier alpha value is -2.98. The van der Waals surface area contributed by atoms with E-state index in [0.29, 0.717) is 19.1 Å². The molecule has 2 aromatic carbocycles. The fourth-order valence-electron chi connectivity index (χ4n) is 5.40. The maximum Gasteiger partial charge on any atom is 0.341 e. The third-order valence-corrected chi connectivity index (χ3v) is 9.00. The number of aryl methyl sites for hydroxylation is 1. The normalized spacial score (nSPS) is 22.9. The summed E-state index contributed by atoms with van der Waals surface area (Å²) < 4.78 is 48.9. The van der Waals surface area contributed by atoms with Crippen LogP contribution in [0.3, 0.4) is 0 Å². The predicted molar refractivity (Wildman–Crippen MR) is 131 cm³/mol. The number of fused-ring (bicyclic) bond motifs is 3. The van der Waals surface area contributed by atoms with E-state index >= 15 is 0 Å². The van der Waals surface area contributed by atoms with Crippen molar-refractivity contribution in [2.75, 3.05) is 31.0 Å². The highest BCUT2D eigenvalue weighted by atomic mass is 32.2. The van der Waals surface area contributed by atoms with Crippen molar-refractivity contribution in [3.63, 3.8) is 0 Å². The lowest BCUT2D eigenvalue weighted by Gasteiger charge is -2.21. The fraction of sp³-hybridized carbons (Fsp3) is 0.462. The lowest BCUT2D eigenvalue weighted by Crippen LogP contribution is -2.23. The molecule has 8 nitrogen and oxygen atoms in total. The number of carboxylic acids is 1. The Kier molecular flexibility index (Phi) is 6.50. The van der Waals surface area contributed by atoms with Gasteiger partial charge in [-0.1, -0.05) is 13.0 Å². The van der Waals surface area contributed by atoms with E-state index in [4.69, 9.17) is 4.74 Å². The molecule has 3 aliphatic rings. The van der Waals surface area contributed by atoms with E-state index in [1.54, 1.807) is 6.07 Å². The van der Waals surface area contributed by atoms with E-state index in [1.165, 1.54) is 6.07 Å². The van der Waals surface area contributed by atoms with Gasteiger partial charge in [0.05, 0.1) is 17.2 Å². The van der Waals surface area contributed by atoms with Crippen LogP contribution in [0.2, 0.25) is 0 Å². The summed E-state index contributed by atoms with van der Waals surface area (Å²) in [4.78, 5) is 26.8. The summed E-state index contributed by atoms with van der Waals surface area (Å²) in [5, 5.41) is 9.86. The Bertz CT molecular complexity index is 1330. The van der Waals surface area contributed by atoms with Gasteiger partial charge in [0.1, 0.15) is 22.9 Å². The average Bonchev–Trinajstić information content (AvgIpc) is 3.48. The predicted octanol–water partition coefficient (Wildman–Crippen LogP) is 3.66. The highest BCUT2D eigenvalue weighted by Gasteiger charge is 2.45. The van der Waals surface area contributed by atoms with E-state index < -0.39 is 21.8 Å². The molecule has 5 rings (SSSR count). The highest BCUT2D eigenvalue weighted by molar-refractivity contribution is 7.92. The second-order valence-electron chi connectivity index (χ2n) is 9.83. The molecule has 1 saturated heterocycles. The zero-order valence-electron chi connectivity index (χ0n) is 20.0. The van der Waals surface area contributed by atoms with E-state index in [-0.39, 0.29) is 57.9 Å². The average molecular weight is 517 g/mol. The van der Waals surface area contributed by atoms with Crippen LogP contribution in [0.4, 0.5) is 10.1 Å². The summed E-state index contributed by atoms with van der Waals surface area (Å²) in [5.41, 5.74) is 0.605. The number of anilines is 1. The number of carboxylic acid groups (broad SMARTS) is 1. The maximum atomic E-state index is 14.1. The number of nitrogens with zero attached hydrogens (tertiary/aromatic N) is 1. The van der Waals surface area contributed by atoms with Crippen molar-refractivity contribution in [1.82, 2.24) is 4.90 Å². The first-order chi connectivity index (χ1) is 17.2. The number of ether oxygens (including phenoxy) is 1. The molecule has 2 unspecified atom stereocenters. The first kappa shape index (κ1) is 24.7. The molecule has 2 aromatic rings. The number of sulfonamides is 1. The Morgan fingerprint density at radius 2 is 2.06 bits per heavy atom. The van der Waals surface area contributed by atoms with Crippen LogP contribution in [0.25, 0.3) is 0 Å². The quantitative estimate of drug-likeness (QED) is 0.523. The minimum Gasteiger partial charge on any atom is -0.492 e.